The van der Waals surface area contributed by atoms with E-state index in [0.29, 0.717) is 84.2 Å². The highest BCUT2D eigenvalue weighted by molar-refractivity contribution is 7.47. The summed E-state index contributed by atoms with van der Waals surface area (Å²) in [7, 11) is -4.64. The van der Waals surface area contributed by atoms with E-state index in [4.69, 9.17) is 30.0 Å². The van der Waals surface area contributed by atoms with Crippen molar-refractivity contribution < 1.29 is 107 Å². The molecule has 0 saturated heterocycles. The number of carbonyl (C=O) groups excluding carboxylic acids is 1. The number of amides is 1. The summed E-state index contributed by atoms with van der Waals surface area (Å²) in [5.41, 5.74) is 11.1. The van der Waals surface area contributed by atoms with Crippen LogP contribution in [-0.4, -0.2) is 143 Å². The molecule has 0 spiro atoms. The van der Waals surface area contributed by atoms with E-state index in [2.05, 4.69) is 22.9 Å². The molecule has 0 aliphatic heterocycles. The van der Waals surface area contributed by atoms with Gasteiger partial charge in [-0.05, 0) is 90.2 Å². The van der Waals surface area contributed by atoms with Gasteiger partial charge in [0.15, 0.2) is 0 Å². The van der Waals surface area contributed by atoms with E-state index in [1.807, 2.05) is 0 Å². The molecule has 12 nitrogen and oxygen atoms in total. The Morgan fingerprint density at radius 3 is 1.47 bits per heavy atom. The molecule has 0 aromatic rings. The van der Waals surface area contributed by atoms with Gasteiger partial charge in [-0.25, -0.2) is 4.57 Å². The van der Waals surface area contributed by atoms with Gasteiger partial charge in [-0.1, -0.05) is 129 Å². The number of unbranched alkanes of at least 4 members (excludes halogenated alkanes) is 20. The Hall–Kier alpha value is -2.11. The Morgan fingerprint density at radius 2 is 0.963 bits per heavy atom. The lowest BCUT2D eigenvalue weighted by Gasteiger charge is -2.42. The van der Waals surface area contributed by atoms with Crippen molar-refractivity contribution in [3.63, 3.8) is 0 Å². The Balaban J connectivity index is 5.18. The Labute approximate surface area is 465 Å². The number of hydrogen-bond donors (Lipinski definition) is 6. The molecule has 81 heavy (non-hydrogen) atoms. The second-order valence-corrected chi connectivity index (χ2v) is 21.4. The number of rotatable bonds is 54. The van der Waals surface area contributed by atoms with Crippen LogP contribution in [0.2, 0.25) is 0 Å². The average Bonchev–Trinajstić information content (AvgIpc) is 2.21. The number of allylic oxidation sites excluding steroid dienone is 2. The zero-order valence-electron chi connectivity index (χ0n) is 46.4. The van der Waals surface area contributed by atoms with E-state index < -0.39 is 86.7 Å². The zero-order valence-corrected chi connectivity index (χ0v) is 47.3. The second kappa shape index (κ2) is 40.3. The number of hydrogen-bond acceptors (Lipinski definition) is 10. The second-order valence-electron chi connectivity index (χ2n) is 20.0. The summed E-state index contributed by atoms with van der Waals surface area (Å²) in [6, 6.07) is -0.537. The fourth-order valence-electron chi connectivity index (χ4n) is 7.93. The highest BCUT2D eigenvalue weighted by Crippen LogP contribution is 2.64. The maximum Gasteiger partial charge on any atom is 0.472 e. The molecule has 0 aliphatic rings. The topological polar surface area (TPSA) is 179 Å². The van der Waals surface area contributed by atoms with Crippen LogP contribution in [0.3, 0.4) is 0 Å². The monoisotopic (exact) mass is 1240 g/mol. The van der Waals surface area contributed by atoms with Gasteiger partial charge in [-0.3, -0.25) is 13.8 Å². The summed E-state index contributed by atoms with van der Waals surface area (Å²) in [6.07, 6.45) is 11.2. The smallest absolute Gasteiger partial charge is 0.379 e. The summed E-state index contributed by atoms with van der Waals surface area (Å²) in [5.74, 6) is -57.0. The molecule has 0 rings (SSSR count). The normalized spacial score (nSPS) is 15.2. The van der Waals surface area contributed by atoms with Crippen molar-refractivity contribution in [3.8, 4) is 0 Å². The van der Waals surface area contributed by atoms with Crippen molar-refractivity contribution in [2.75, 3.05) is 72.3 Å². The SMILES string of the molecule is CCCCCCCCCCCCCCCCOCC(COP(=O)(O)OCCNC(=O)[C@H](CCCNCCCN)NCCCN)OCCCCCCCCC/C=C/C(F)(F)C(F)(F)C(F)(F)C(F)(F)C(F)(F)C(F)(F)C(F)(F)C(F)(F)F. The van der Waals surface area contributed by atoms with Crippen molar-refractivity contribution in [1.29, 1.82) is 0 Å². The van der Waals surface area contributed by atoms with Gasteiger partial charge in [0.05, 0.1) is 25.9 Å². The van der Waals surface area contributed by atoms with Gasteiger partial charge in [-0.2, -0.15) is 74.6 Å². The minimum atomic E-state index is -8.67. The van der Waals surface area contributed by atoms with Crippen LogP contribution in [0.25, 0.3) is 0 Å². The molecule has 0 aliphatic carbocycles. The van der Waals surface area contributed by atoms with Gasteiger partial charge in [0, 0.05) is 19.8 Å². The van der Waals surface area contributed by atoms with Gasteiger partial charge in [-0.15, -0.1) is 0 Å². The predicted molar refractivity (Wildman–Crippen MR) is 274 cm³/mol. The summed E-state index contributed by atoms with van der Waals surface area (Å²) in [6.45, 7) is 4.79. The van der Waals surface area contributed by atoms with Crippen LogP contribution < -0.4 is 27.4 Å². The first-order chi connectivity index (χ1) is 37.8. The third-order valence-corrected chi connectivity index (χ3v) is 13.9. The van der Waals surface area contributed by atoms with Crippen LogP contribution in [0.4, 0.5) is 74.6 Å². The Kier molecular flexibility index (Phi) is 39.3. The number of alkyl halides is 17. The third kappa shape index (κ3) is 28.3. The minimum absolute atomic E-state index is 0.00419. The Morgan fingerprint density at radius 1 is 0.519 bits per heavy atom. The molecule has 30 heteroatoms. The van der Waals surface area contributed by atoms with Crippen LogP contribution in [0.5, 0.6) is 0 Å². The molecule has 2 unspecified atom stereocenters. The highest BCUT2D eigenvalue weighted by atomic mass is 31.2. The molecule has 0 bridgehead atoms. The number of phosphoric acid groups is 1. The molecule has 0 aromatic carbocycles. The maximum absolute atomic E-state index is 14.2. The third-order valence-electron chi connectivity index (χ3n) is 13.0. The largest absolute Gasteiger partial charge is 0.472 e. The molecule has 3 atom stereocenters. The minimum Gasteiger partial charge on any atom is -0.379 e. The summed E-state index contributed by atoms with van der Waals surface area (Å²) < 4.78 is 265. The molecule has 0 heterocycles. The molecular weight excluding hydrogens is 1150 g/mol. The molecule has 0 fully saturated rings. The van der Waals surface area contributed by atoms with Crippen molar-refractivity contribution in [1.82, 2.24) is 16.0 Å². The number of ether oxygens (including phenoxy) is 2. The van der Waals surface area contributed by atoms with Crippen LogP contribution in [0.1, 0.15) is 174 Å². The van der Waals surface area contributed by atoms with Gasteiger partial charge in [0.25, 0.3) is 0 Å². The molecular formula is C51H89F17N5O7P. The quantitative estimate of drug-likeness (QED) is 0.0148. The predicted octanol–water partition coefficient (Wildman–Crippen LogP) is 13.8. The first-order valence-electron chi connectivity index (χ1n) is 28.1. The number of nitrogens with two attached hydrogens (primary N) is 2. The molecule has 0 radical (unpaired) electrons. The van der Waals surface area contributed by atoms with Crippen LogP contribution in [-0.2, 0) is 27.9 Å². The summed E-state index contributed by atoms with van der Waals surface area (Å²) in [4.78, 5) is 23.3. The fourth-order valence-corrected chi connectivity index (χ4v) is 8.68. The van der Waals surface area contributed by atoms with Crippen molar-refractivity contribution in [2.45, 2.75) is 234 Å². The lowest BCUT2D eigenvalue weighted by molar-refractivity contribution is -0.459. The number of carbonyl (C=O) groups is 1. The van der Waals surface area contributed by atoms with Gasteiger partial charge < -0.3 is 41.8 Å². The van der Waals surface area contributed by atoms with Gasteiger partial charge in [0.2, 0.25) is 5.91 Å². The van der Waals surface area contributed by atoms with E-state index in [0.717, 1.165) is 45.1 Å². The van der Waals surface area contributed by atoms with Crippen LogP contribution in [0, 0.1) is 0 Å². The summed E-state index contributed by atoms with van der Waals surface area (Å²) >= 11 is 0. The van der Waals surface area contributed by atoms with Crippen molar-refractivity contribution >= 4 is 13.7 Å². The first kappa shape index (κ1) is 78.9. The van der Waals surface area contributed by atoms with E-state index in [9.17, 15) is 88.9 Å². The maximum atomic E-state index is 14.2. The van der Waals surface area contributed by atoms with Crippen LogP contribution in [0.15, 0.2) is 12.2 Å². The first-order valence-corrected chi connectivity index (χ1v) is 29.6. The number of nitrogens with one attached hydrogen (secondary N) is 3. The fraction of sp³-hybridized carbons (Fsp3) is 0.941. The molecule has 8 N–H and O–H groups in total. The number of phosphoric ester groups is 1. The average molecular weight is 1240 g/mol. The lowest BCUT2D eigenvalue weighted by atomic mass is 9.89. The van der Waals surface area contributed by atoms with E-state index in [1.165, 1.54) is 57.8 Å². The standard InChI is InChI=1S/C51H89F17N5O7P/c1-2-3-4-5-6-7-8-9-10-11-14-17-20-23-36-77-39-41(40-80-81(75,76)79-38-35-73-43(74)42(72-34-27-31-70)28-25-32-71-33-26-30-69)78-37-24-21-18-15-12-13-16-19-22-29-44(52,53)45(54,55)46(56,57)47(58,59)48(60,61)49(62,63)50(64,65)51(66,67)68/h22,29,41-42,71-72H,2-21,23-28,30-40,69-70H2,1H3,(H,73,74)(H,75,76)/b29-22+/t41?,42-/m0/s1. The van der Waals surface area contributed by atoms with Crippen molar-refractivity contribution in [2.24, 2.45) is 11.5 Å². The number of halogens is 17. The molecule has 0 saturated carbocycles. The van der Waals surface area contributed by atoms with E-state index in [1.54, 1.807) is 0 Å². The zero-order chi connectivity index (χ0) is 61.8. The molecule has 484 valence electrons. The van der Waals surface area contributed by atoms with Crippen molar-refractivity contribution in [3.05, 3.63) is 12.2 Å². The highest BCUT2D eigenvalue weighted by Gasteiger charge is 2.95. The Bertz CT molecular complexity index is 1710. The van der Waals surface area contributed by atoms with Crippen LogP contribution >= 0.6 is 7.82 Å². The van der Waals surface area contributed by atoms with E-state index in [-0.39, 0.29) is 51.2 Å². The summed E-state index contributed by atoms with van der Waals surface area (Å²) in [5, 5.41) is 9.10. The lowest BCUT2D eigenvalue weighted by Crippen LogP contribution is -2.74. The van der Waals surface area contributed by atoms with Gasteiger partial charge in [0.1, 0.15) is 6.10 Å². The molecule has 1 amide bonds. The molecule has 0 aromatic heterocycles. The van der Waals surface area contributed by atoms with Gasteiger partial charge >= 0.3 is 55.5 Å². The van der Waals surface area contributed by atoms with E-state index >= 15 is 0 Å².